The second kappa shape index (κ2) is 7.55. The fourth-order valence-corrected chi connectivity index (χ4v) is 3.47. The summed E-state index contributed by atoms with van der Waals surface area (Å²) in [5, 5.41) is 15.8. The Balaban J connectivity index is 1.60. The zero-order valence-electron chi connectivity index (χ0n) is 15.5. The average Bonchev–Trinajstić information content (AvgIpc) is 3.32. The first kappa shape index (κ1) is 18.4. The molecule has 1 atom stereocenters. The van der Waals surface area contributed by atoms with Crippen LogP contribution in [0.2, 0.25) is 0 Å². The molecule has 1 unspecified atom stereocenters. The highest BCUT2D eigenvalue weighted by Crippen LogP contribution is 2.19. The summed E-state index contributed by atoms with van der Waals surface area (Å²) in [4.78, 5) is 12.9. The van der Waals surface area contributed by atoms with Crippen molar-refractivity contribution in [1.82, 2.24) is 29.7 Å². The van der Waals surface area contributed by atoms with Crippen LogP contribution in [0.3, 0.4) is 0 Å². The zero-order valence-corrected chi connectivity index (χ0v) is 17.1. The molecule has 1 aromatic carbocycles. The number of amides is 1. The molecule has 28 heavy (non-hydrogen) atoms. The maximum atomic E-state index is 12.9. The molecule has 0 fully saturated rings. The Bertz CT molecular complexity index is 1130. The number of pyridine rings is 1. The van der Waals surface area contributed by atoms with Crippen LogP contribution in [0.25, 0.3) is 11.3 Å². The van der Waals surface area contributed by atoms with Crippen molar-refractivity contribution in [3.8, 4) is 5.69 Å². The first-order chi connectivity index (χ1) is 13.6. The maximum Gasteiger partial charge on any atom is 0.255 e. The lowest BCUT2D eigenvalue weighted by Gasteiger charge is -2.13. The number of nitrogens with zero attached hydrogens (tertiary/aromatic N) is 5. The lowest BCUT2D eigenvalue weighted by atomic mass is 10.1. The van der Waals surface area contributed by atoms with Gasteiger partial charge < -0.3 is 5.32 Å². The van der Waals surface area contributed by atoms with Gasteiger partial charge in [-0.1, -0.05) is 28.9 Å². The van der Waals surface area contributed by atoms with Gasteiger partial charge in [-0.15, -0.1) is 10.2 Å². The van der Waals surface area contributed by atoms with Crippen molar-refractivity contribution >= 4 is 27.5 Å². The number of aromatic nitrogens is 5. The van der Waals surface area contributed by atoms with Crippen LogP contribution in [-0.4, -0.2) is 30.3 Å². The fourth-order valence-electron chi connectivity index (χ4n) is 3.20. The van der Waals surface area contributed by atoms with Gasteiger partial charge in [0.05, 0.1) is 29.2 Å². The molecule has 0 saturated heterocycles. The van der Waals surface area contributed by atoms with Crippen molar-refractivity contribution in [2.24, 2.45) is 0 Å². The SMILES string of the molecule is CCc1c(C(=O)NC(C)c2nnc3ccccn23)cnn1-c1ccc(Br)cc1. The van der Waals surface area contributed by atoms with E-state index in [1.54, 1.807) is 10.9 Å². The molecular weight excluding hydrogens is 420 g/mol. The molecule has 0 saturated carbocycles. The van der Waals surface area contributed by atoms with Crippen molar-refractivity contribution in [3.05, 3.63) is 76.4 Å². The smallest absolute Gasteiger partial charge is 0.255 e. The van der Waals surface area contributed by atoms with E-state index >= 15 is 0 Å². The van der Waals surface area contributed by atoms with Gasteiger partial charge in [0, 0.05) is 10.7 Å². The molecule has 8 heteroatoms. The number of carbonyl (C=O) groups is 1. The van der Waals surface area contributed by atoms with Crippen LogP contribution in [0.15, 0.2) is 59.3 Å². The van der Waals surface area contributed by atoms with Gasteiger partial charge in [-0.25, -0.2) is 4.68 Å². The molecule has 0 bridgehead atoms. The Morgan fingerprint density at radius 3 is 2.71 bits per heavy atom. The summed E-state index contributed by atoms with van der Waals surface area (Å²) in [6.07, 6.45) is 4.18. The highest BCUT2D eigenvalue weighted by atomic mass is 79.9. The van der Waals surface area contributed by atoms with Crippen LogP contribution in [0.4, 0.5) is 0 Å². The summed E-state index contributed by atoms with van der Waals surface area (Å²) in [6.45, 7) is 3.91. The fraction of sp³-hybridized carbons (Fsp3) is 0.200. The van der Waals surface area contributed by atoms with Gasteiger partial charge in [-0.3, -0.25) is 9.20 Å². The van der Waals surface area contributed by atoms with Crippen LogP contribution in [0, 0.1) is 0 Å². The average molecular weight is 439 g/mol. The number of fused-ring (bicyclic) bond motifs is 1. The number of halogens is 1. The third-order valence-corrected chi connectivity index (χ3v) is 5.12. The Morgan fingerprint density at radius 2 is 1.96 bits per heavy atom. The highest BCUT2D eigenvalue weighted by molar-refractivity contribution is 9.10. The first-order valence-electron chi connectivity index (χ1n) is 9.02. The molecule has 7 nitrogen and oxygen atoms in total. The number of carbonyl (C=O) groups excluding carboxylic acids is 1. The standard InChI is InChI=1S/C20H19BrN6O/c1-3-17-16(12-22-27(17)15-9-7-14(21)8-10-15)20(28)23-13(2)19-25-24-18-6-4-5-11-26(18)19/h4-13H,3H2,1-2H3,(H,23,28). The molecule has 1 N–H and O–H groups in total. The Morgan fingerprint density at radius 1 is 1.18 bits per heavy atom. The summed E-state index contributed by atoms with van der Waals surface area (Å²) in [6, 6.07) is 13.2. The van der Waals surface area contributed by atoms with Crippen molar-refractivity contribution in [3.63, 3.8) is 0 Å². The van der Waals surface area contributed by atoms with Crippen LogP contribution < -0.4 is 5.32 Å². The molecule has 0 aliphatic heterocycles. The number of nitrogens with one attached hydrogen (secondary N) is 1. The molecule has 0 spiro atoms. The van der Waals surface area contributed by atoms with E-state index in [1.807, 2.05) is 66.9 Å². The summed E-state index contributed by atoms with van der Waals surface area (Å²) in [7, 11) is 0. The largest absolute Gasteiger partial charge is 0.342 e. The van der Waals surface area contributed by atoms with E-state index in [0.29, 0.717) is 17.8 Å². The monoisotopic (exact) mass is 438 g/mol. The Labute approximate surface area is 170 Å². The van der Waals surface area contributed by atoms with Gasteiger partial charge in [0.15, 0.2) is 11.5 Å². The summed E-state index contributed by atoms with van der Waals surface area (Å²) in [5.41, 5.74) is 3.08. The second-order valence-electron chi connectivity index (χ2n) is 6.43. The topological polar surface area (TPSA) is 77.1 Å². The van der Waals surface area contributed by atoms with E-state index in [-0.39, 0.29) is 11.9 Å². The third-order valence-electron chi connectivity index (χ3n) is 4.59. The van der Waals surface area contributed by atoms with Crippen LogP contribution >= 0.6 is 15.9 Å². The predicted octanol–water partition coefficient (Wildman–Crippen LogP) is 3.73. The van der Waals surface area contributed by atoms with Crippen molar-refractivity contribution in [2.75, 3.05) is 0 Å². The van der Waals surface area contributed by atoms with Crippen LogP contribution in [-0.2, 0) is 6.42 Å². The molecule has 0 radical (unpaired) electrons. The Hall–Kier alpha value is -3.00. The van der Waals surface area contributed by atoms with Gasteiger partial charge in [-0.2, -0.15) is 5.10 Å². The molecule has 0 aliphatic carbocycles. The first-order valence-corrected chi connectivity index (χ1v) is 9.81. The minimum absolute atomic E-state index is 0.180. The van der Waals surface area contributed by atoms with Gasteiger partial charge in [-0.05, 0) is 49.7 Å². The number of benzene rings is 1. The molecule has 1 amide bonds. The summed E-state index contributed by atoms with van der Waals surface area (Å²) < 4.78 is 4.67. The lowest BCUT2D eigenvalue weighted by Crippen LogP contribution is -2.28. The van der Waals surface area contributed by atoms with E-state index in [0.717, 1.165) is 21.5 Å². The van der Waals surface area contributed by atoms with E-state index in [9.17, 15) is 4.79 Å². The van der Waals surface area contributed by atoms with Crippen LogP contribution in [0.5, 0.6) is 0 Å². The summed E-state index contributed by atoms with van der Waals surface area (Å²) >= 11 is 3.44. The zero-order chi connectivity index (χ0) is 19.7. The van der Waals surface area contributed by atoms with E-state index in [2.05, 4.69) is 36.5 Å². The number of rotatable bonds is 5. The van der Waals surface area contributed by atoms with Crippen molar-refractivity contribution in [1.29, 1.82) is 0 Å². The van der Waals surface area contributed by atoms with Gasteiger partial charge in [0.25, 0.3) is 5.91 Å². The normalized spacial score (nSPS) is 12.2. The molecule has 3 aromatic heterocycles. The number of hydrogen-bond acceptors (Lipinski definition) is 4. The molecular formula is C20H19BrN6O. The molecule has 0 aliphatic rings. The van der Waals surface area contributed by atoms with Crippen molar-refractivity contribution in [2.45, 2.75) is 26.3 Å². The van der Waals surface area contributed by atoms with Gasteiger partial charge in [0.1, 0.15) is 0 Å². The van der Waals surface area contributed by atoms with E-state index in [4.69, 9.17) is 0 Å². The molecule has 142 valence electrons. The quantitative estimate of drug-likeness (QED) is 0.514. The minimum atomic E-state index is -0.300. The van der Waals surface area contributed by atoms with Gasteiger partial charge >= 0.3 is 0 Å². The molecule has 4 rings (SSSR count). The van der Waals surface area contributed by atoms with Crippen molar-refractivity contribution < 1.29 is 4.79 Å². The maximum absolute atomic E-state index is 12.9. The highest BCUT2D eigenvalue weighted by Gasteiger charge is 2.21. The number of hydrogen-bond donors (Lipinski definition) is 1. The summed E-state index contributed by atoms with van der Waals surface area (Å²) in [5.74, 6) is 0.502. The van der Waals surface area contributed by atoms with Gasteiger partial charge in [0.2, 0.25) is 0 Å². The molecule has 4 aromatic rings. The predicted molar refractivity (Wildman–Crippen MR) is 110 cm³/mol. The Kier molecular flexibility index (Phi) is 4.95. The molecule has 3 heterocycles. The van der Waals surface area contributed by atoms with E-state index < -0.39 is 0 Å². The third kappa shape index (κ3) is 3.31. The lowest BCUT2D eigenvalue weighted by molar-refractivity contribution is 0.0937. The van der Waals surface area contributed by atoms with Crippen LogP contribution in [0.1, 0.15) is 41.8 Å². The minimum Gasteiger partial charge on any atom is -0.342 e. The second-order valence-corrected chi connectivity index (χ2v) is 7.34. The van der Waals surface area contributed by atoms with E-state index in [1.165, 1.54) is 0 Å².